The first-order chi connectivity index (χ1) is 11.6. The molecule has 0 saturated carbocycles. The Morgan fingerprint density at radius 1 is 1.38 bits per heavy atom. The lowest BCUT2D eigenvalue weighted by molar-refractivity contribution is -0.143. The number of carbonyl (C=O) groups excluding carboxylic acids is 2. The van der Waals surface area contributed by atoms with E-state index < -0.39 is 24.0 Å². The smallest absolute Gasteiger partial charge is 0.414 e. The van der Waals surface area contributed by atoms with Crippen LogP contribution in [0.1, 0.15) is 6.92 Å². The summed E-state index contributed by atoms with van der Waals surface area (Å²) in [5.41, 5.74) is 0.818. The van der Waals surface area contributed by atoms with Crippen LogP contribution in [0.4, 0.5) is 20.6 Å². The molecular formula is C16H19FN2O5. The lowest BCUT2D eigenvalue weighted by Crippen LogP contribution is -2.38. The largest absolute Gasteiger partial charge is 0.462 e. The number of nitrogens with zero attached hydrogens (tertiary/aromatic N) is 2. The van der Waals surface area contributed by atoms with Crippen molar-refractivity contribution in [2.24, 2.45) is 0 Å². The van der Waals surface area contributed by atoms with Crippen LogP contribution in [0.5, 0.6) is 0 Å². The number of rotatable bonds is 4. The summed E-state index contributed by atoms with van der Waals surface area (Å²) in [6.07, 6.45) is -1.14. The number of cyclic esters (lactones) is 1. The van der Waals surface area contributed by atoms with E-state index in [1.165, 1.54) is 17.9 Å². The molecule has 24 heavy (non-hydrogen) atoms. The molecule has 0 aromatic heterocycles. The van der Waals surface area contributed by atoms with Crippen LogP contribution in [0.25, 0.3) is 0 Å². The van der Waals surface area contributed by atoms with Gasteiger partial charge in [-0.05, 0) is 12.1 Å². The van der Waals surface area contributed by atoms with Crippen LogP contribution >= 0.6 is 0 Å². The highest BCUT2D eigenvalue weighted by Crippen LogP contribution is 2.35. The van der Waals surface area contributed by atoms with Gasteiger partial charge in [-0.15, -0.1) is 0 Å². The third-order valence-corrected chi connectivity index (χ3v) is 3.93. The van der Waals surface area contributed by atoms with E-state index in [0.29, 0.717) is 37.7 Å². The fraction of sp³-hybridized carbons (Fsp3) is 0.500. The molecule has 130 valence electrons. The first-order valence-corrected chi connectivity index (χ1v) is 7.79. The van der Waals surface area contributed by atoms with Gasteiger partial charge in [0.15, 0.2) is 6.10 Å². The van der Waals surface area contributed by atoms with Gasteiger partial charge in [-0.3, -0.25) is 9.69 Å². The Morgan fingerprint density at radius 2 is 2.12 bits per heavy atom. The number of esters is 1. The van der Waals surface area contributed by atoms with Gasteiger partial charge in [0.2, 0.25) is 0 Å². The lowest BCUT2D eigenvalue weighted by Gasteiger charge is -2.32. The highest BCUT2D eigenvalue weighted by molar-refractivity contribution is 5.94. The molecule has 0 spiro atoms. The van der Waals surface area contributed by atoms with Gasteiger partial charge in [-0.2, -0.15) is 0 Å². The van der Waals surface area contributed by atoms with Crippen molar-refractivity contribution in [1.29, 1.82) is 0 Å². The summed E-state index contributed by atoms with van der Waals surface area (Å²) in [6.45, 7) is 3.59. The molecule has 1 aromatic carbocycles. The molecule has 1 aromatic rings. The van der Waals surface area contributed by atoms with E-state index in [1.807, 2.05) is 4.90 Å². The highest BCUT2D eigenvalue weighted by Gasteiger charge is 2.35. The number of benzene rings is 1. The van der Waals surface area contributed by atoms with Crippen LogP contribution < -0.4 is 9.80 Å². The summed E-state index contributed by atoms with van der Waals surface area (Å²) in [5, 5.41) is 0. The number of amides is 1. The molecular weight excluding hydrogens is 319 g/mol. The van der Waals surface area contributed by atoms with E-state index in [2.05, 4.69) is 0 Å². The summed E-state index contributed by atoms with van der Waals surface area (Å²) < 4.78 is 29.8. The molecule has 0 radical (unpaired) electrons. The van der Waals surface area contributed by atoms with Gasteiger partial charge in [0.1, 0.15) is 12.4 Å². The van der Waals surface area contributed by atoms with Crippen molar-refractivity contribution in [2.75, 3.05) is 49.3 Å². The number of anilines is 2. The van der Waals surface area contributed by atoms with Crippen LogP contribution in [-0.2, 0) is 19.0 Å². The van der Waals surface area contributed by atoms with Crippen LogP contribution in [-0.4, -0.2) is 57.6 Å². The molecule has 0 aliphatic carbocycles. The summed E-state index contributed by atoms with van der Waals surface area (Å²) >= 11 is 0. The van der Waals surface area contributed by atoms with Gasteiger partial charge in [0, 0.05) is 20.0 Å². The van der Waals surface area contributed by atoms with E-state index in [0.717, 1.165) is 0 Å². The Hall–Kier alpha value is -2.35. The highest BCUT2D eigenvalue weighted by atomic mass is 19.1. The van der Waals surface area contributed by atoms with Crippen molar-refractivity contribution >= 4 is 23.4 Å². The average Bonchev–Trinajstić information content (AvgIpc) is 2.94. The number of halogens is 1. The zero-order valence-corrected chi connectivity index (χ0v) is 13.4. The minimum absolute atomic E-state index is 0.0141. The van der Waals surface area contributed by atoms with E-state index in [9.17, 15) is 14.0 Å². The number of hydrogen-bond acceptors (Lipinski definition) is 6. The maximum atomic E-state index is 14.4. The summed E-state index contributed by atoms with van der Waals surface area (Å²) in [6, 6.07) is 4.61. The van der Waals surface area contributed by atoms with Crippen molar-refractivity contribution in [3.05, 3.63) is 24.0 Å². The molecule has 2 heterocycles. The van der Waals surface area contributed by atoms with Crippen LogP contribution in [0, 0.1) is 5.82 Å². The van der Waals surface area contributed by atoms with Crippen LogP contribution in [0.3, 0.4) is 0 Å². The number of carbonyl (C=O) groups is 2. The third kappa shape index (κ3) is 3.43. The van der Waals surface area contributed by atoms with Crippen molar-refractivity contribution in [3.63, 3.8) is 0 Å². The third-order valence-electron chi connectivity index (χ3n) is 3.93. The topological polar surface area (TPSA) is 68.3 Å². The summed E-state index contributed by atoms with van der Waals surface area (Å²) in [7, 11) is 0. The van der Waals surface area contributed by atoms with Gasteiger partial charge in [0.25, 0.3) is 0 Å². The second-order valence-electron chi connectivity index (χ2n) is 5.63. The molecule has 2 saturated heterocycles. The molecule has 0 N–H and O–H groups in total. The molecule has 0 bridgehead atoms. The Labute approximate surface area is 138 Å². The van der Waals surface area contributed by atoms with Crippen molar-refractivity contribution in [2.45, 2.75) is 13.0 Å². The second kappa shape index (κ2) is 7.04. The monoisotopic (exact) mass is 338 g/mol. The van der Waals surface area contributed by atoms with Gasteiger partial charge in [-0.25, -0.2) is 9.18 Å². The van der Waals surface area contributed by atoms with E-state index in [1.54, 1.807) is 12.1 Å². The zero-order chi connectivity index (χ0) is 17.1. The van der Waals surface area contributed by atoms with Crippen molar-refractivity contribution in [3.8, 4) is 0 Å². The number of para-hydroxylation sites is 1. The van der Waals surface area contributed by atoms with Gasteiger partial charge >= 0.3 is 12.1 Å². The van der Waals surface area contributed by atoms with E-state index in [-0.39, 0.29) is 13.2 Å². The van der Waals surface area contributed by atoms with E-state index >= 15 is 0 Å². The van der Waals surface area contributed by atoms with Crippen molar-refractivity contribution in [1.82, 2.24) is 0 Å². The van der Waals surface area contributed by atoms with Gasteiger partial charge in [-0.1, -0.05) is 6.07 Å². The van der Waals surface area contributed by atoms with Gasteiger partial charge < -0.3 is 19.1 Å². The molecule has 0 unspecified atom stereocenters. The quantitative estimate of drug-likeness (QED) is 0.776. The van der Waals surface area contributed by atoms with Crippen LogP contribution in [0.15, 0.2) is 18.2 Å². The lowest BCUT2D eigenvalue weighted by atomic mass is 10.2. The van der Waals surface area contributed by atoms with Crippen molar-refractivity contribution < 1.29 is 28.2 Å². The Kier molecular flexibility index (Phi) is 4.84. The van der Waals surface area contributed by atoms with Crippen LogP contribution in [0.2, 0.25) is 0 Å². The summed E-state index contributed by atoms with van der Waals surface area (Å²) in [4.78, 5) is 26.3. The molecule has 3 rings (SSSR count). The fourth-order valence-corrected chi connectivity index (χ4v) is 2.84. The zero-order valence-electron chi connectivity index (χ0n) is 13.4. The molecule has 2 fully saturated rings. The Morgan fingerprint density at radius 3 is 2.83 bits per heavy atom. The first-order valence-electron chi connectivity index (χ1n) is 7.79. The molecule has 8 heteroatoms. The SMILES string of the molecule is CC(=O)OC[C@H]1CN(c2cccc(F)c2N2CCOCC2)C(=O)O1. The molecule has 1 amide bonds. The molecule has 1 atom stereocenters. The maximum absolute atomic E-state index is 14.4. The normalized spacial score (nSPS) is 20.9. The number of morpholine rings is 1. The average molecular weight is 338 g/mol. The Bertz CT molecular complexity index is 633. The fourth-order valence-electron chi connectivity index (χ4n) is 2.84. The minimum atomic E-state index is -0.577. The predicted octanol–water partition coefficient (Wildman–Crippen LogP) is 1.55. The molecule has 2 aliphatic heterocycles. The first kappa shape index (κ1) is 16.5. The second-order valence-corrected chi connectivity index (χ2v) is 5.63. The minimum Gasteiger partial charge on any atom is -0.462 e. The number of hydrogen-bond donors (Lipinski definition) is 0. The predicted molar refractivity (Wildman–Crippen MR) is 83.7 cm³/mol. The number of ether oxygens (including phenoxy) is 3. The Balaban J connectivity index is 1.82. The maximum Gasteiger partial charge on any atom is 0.414 e. The summed E-state index contributed by atoms with van der Waals surface area (Å²) in [5.74, 6) is -0.838. The molecule has 2 aliphatic rings. The van der Waals surface area contributed by atoms with E-state index in [4.69, 9.17) is 14.2 Å². The molecule has 7 nitrogen and oxygen atoms in total. The standard InChI is InChI=1S/C16H19FN2O5/c1-11(20)23-10-12-9-19(16(21)24-12)14-4-2-3-13(17)15(14)18-5-7-22-8-6-18/h2-4,12H,5-10H2,1H3/t12-/m1/s1. The van der Waals surface area contributed by atoms with Gasteiger partial charge in [0.05, 0.1) is 31.1 Å².